The zero-order valence-corrected chi connectivity index (χ0v) is 10.3. The van der Waals surface area contributed by atoms with Crippen molar-refractivity contribution in [1.29, 1.82) is 0 Å². The lowest BCUT2D eigenvalue weighted by molar-refractivity contribution is 0.305. The molecule has 2 nitrogen and oxygen atoms in total. The fraction of sp³-hybridized carbons (Fsp3) is 0.462. The van der Waals surface area contributed by atoms with Crippen LogP contribution in [0.4, 0.5) is 0 Å². The first-order valence-electron chi connectivity index (χ1n) is 5.93. The van der Waals surface area contributed by atoms with Crippen LogP contribution >= 0.6 is 11.3 Å². The van der Waals surface area contributed by atoms with Gasteiger partial charge in [0.05, 0.1) is 16.3 Å². The van der Waals surface area contributed by atoms with Crippen molar-refractivity contribution in [3.05, 3.63) is 29.3 Å². The van der Waals surface area contributed by atoms with E-state index in [0.29, 0.717) is 12.0 Å². The van der Waals surface area contributed by atoms with Crippen molar-refractivity contribution in [2.24, 2.45) is 5.92 Å². The van der Waals surface area contributed by atoms with Crippen LogP contribution in [0.5, 0.6) is 0 Å². The van der Waals surface area contributed by atoms with Gasteiger partial charge in [-0.15, -0.1) is 11.3 Å². The van der Waals surface area contributed by atoms with Crippen LogP contribution in [-0.4, -0.2) is 11.5 Å². The lowest BCUT2D eigenvalue weighted by Crippen LogP contribution is -2.32. The Labute approximate surface area is 99.7 Å². The second kappa shape index (κ2) is 4.15. The number of hydrogen-bond acceptors (Lipinski definition) is 3. The molecule has 1 aliphatic heterocycles. The second-order valence-electron chi connectivity index (χ2n) is 4.57. The molecule has 0 saturated carbocycles. The average molecular weight is 232 g/mol. The SMILES string of the molecule is CC1CCCNC1c1nc2ccccc2s1. The van der Waals surface area contributed by atoms with Gasteiger partial charge in [-0.25, -0.2) is 4.98 Å². The van der Waals surface area contributed by atoms with E-state index in [0.717, 1.165) is 12.1 Å². The summed E-state index contributed by atoms with van der Waals surface area (Å²) >= 11 is 1.83. The van der Waals surface area contributed by atoms with Gasteiger partial charge in [-0.1, -0.05) is 19.1 Å². The van der Waals surface area contributed by atoms with E-state index in [4.69, 9.17) is 4.98 Å². The van der Waals surface area contributed by atoms with Crippen molar-refractivity contribution in [3.8, 4) is 0 Å². The molecule has 3 rings (SSSR count). The highest BCUT2D eigenvalue weighted by Crippen LogP contribution is 2.33. The van der Waals surface area contributed by atoms with Crippen LogP contribution in [0.3, 0.4) is 0 Å². The zero-order valence-electron chi connectivity index (χ0n) is 9.44. The summed E-state index contributed by atoms with van der Waals surface area (Å²) in [6, 6.07) is 8.87. The maximum Gasteiger partial charge on any atom is 0.111 e. The Kier molecular flexibility index (Phi) is 2.65. The van der Waals surface area contributed by atoms with Gasteiger partial charge in [0.2, 0.25) is 0 Å². The molecule has 2 aromatic rings. The molecule has 3 heteroatoms. The number of thiazole rings is 1. The number of aromatic nitrogens is 1. The molecule has 0 radical (unpaired) electrons. The zero-order chi connectivity index (χ0) is 11.0. The van der Waals surface area contributed by atoms with Gasteiger partial charge >= 0.3 is 0 Å². The third-order valence-electron chi connectivity index (χ3n) is 3.35. The quantitative estimate of drug-likeness (QED) is 0.815. The summed E-state index contributed by atoms with van der Waals surface area (Å²) in [5, 5.41) is 4.85. The Hall–Kier alpha value is -0.930. The van der Waals surface area contributed by atoms with Gasteiger partial charge in [0, 0.05) is 0 Å². The van der Waals surface area contributed by atoms with E-state index in [-0.39, 0.29) is 0 Å². The molecule has 1 aromatic heterocycles. The smallest absolute Gasteiger partial charge is 0.111 e. The molecule has 2 unspecified atom stereocenters. The minimum atomic E-state index is 0.464. The normalized spacial score (nSPS) is 26.1. The van der Waals surface area contributed by atoms with Gasteiger partial charge < -0.3 is 5.32 Å². The summed E-state index contributed by atoms with van der Waals surface area (Å²) in [5.41, 5.74) is 1.14. The molecule has 84 valence electrons. The number of piperidine rings is 1. The molecular weight excluding hydrogens is 216 g/mol. The molecule has 2 atom stereocenters. The molecule has 0 bridgehead atoms. The first-order valence-corrected chi connectivity index (χ1v) is 6.75. The fourth-order valence-corrected chi connectivity index (χ4v) is 3.58. The summed E-state index contributed by atoms with van der Waals surface area (Å²) < 4.78 is 1.30. The average Bonchev–Trinajstić information content (AvgIpc) is 2.73. The van der Waals surface area contributed by atoms with E-state index < -0.39 is 0 Å². The topological polar surface area (TPSA) is 24.9 Å². The summed E-state index contributed by atoms with van der Waals surface area (Å²) in [6.07, 6.45) is 2.61. The van der Waals surface area contributed by atoms with Crippen LogP contribution in [0, 0.1) is 5.92 Å². The van der Waals surface area contributed by atoms with Crippen molar-refractivity contribution in [3.63, 3.8) is 0 Å². The maximum atomic E-state index is 4.74. The summed E-state index contributed by atoms with van der Waals surface area (Å²) in [7, 11) is 0. The molecule has 1 saturated heterocycles. The Balaban J connectivity index is 1.98. The minimum Gasteiger partial charge on any atom is -0.308 e. The molecule has 1 N–H and O–H groups in total. The van der Waals surface area contributed by atoms with Crippen LogP contribution in [0.2, 0.25) is 0 Å². The molecule has 16 heavy (non-hydrogen) atoms. The molecule has 1 aromatic carbocycles. The third kappa shape index (κ3) is 1.74. The van der Waals surface area contributed by atoms with E-state index in [2.05, 4.69) is 36.5 Å². The minimum absolute atomic E-state index is 0.464. The third-order valence-corrected chi connectivity index (χ3v) is 4.47. The van der Waals surface area contributed by atoms with Crippen molar-refractivity contribution >= 4 is 21.6 Å². The first kappa shape index (κ1) is 10.2. The van der Waals surface area contributed by atoms with E-state index in [9.17, 15) is 0 Å². The van der Waals surface area contributed by atoms with Gasteiger partial charge in [-0.05, 0) is 37.4 Å². The molecular formula is C13H16N2S. The van der Waals surface area contributed by atoms with Gasteiger partial charge in [0.25, 0.3) is 0 Å². The molecule has 0 aliphatic carbocycles. The Morgan fingerprint density at radius 3 is 3.06 bits per heavy atom. The van der Waals surface area contributed by atoms with Crippen LogP contribution in [-0.2, 0) is 0 Å². The number of hydrogen-bond donors (Lipinski definition) is 1. The van der Waals surface area contributed by atoms with Gasteiger partial charge in [0.1, 0.15) is 5.01 Å². The summed E-state index contributed by atoms with van der Waals surface area (Å²) in [5.74, 6) is 0.703. The van der Waals surface area contributed by atoms with E-state index in [1.54, 1.807) is 0 Å². The van der Waals surface area contributed by atoms with Crippen LogP contribution < -0.4 is 5.32 Å². The molecule has 1 aliphatic rings. The van der Waals surface area contributed by atoms with Crippen molar-refractivity contribution in [2.45, 2.75) is 25.8 Å². The van der Waals surface area contributed by atoms with Crippen LogP contribution in [0.15, 0.2) is 24.3 Å². The van der Waals surface area contributed by atoms with Gasteiger partial charge in [-0.3, -0.25) is 0 Å². The predicted octanol–water partition coefficient (Wildman–Crippen LogP) is 3.36. The highest BCUT2D eigenvalue weighted by Gasteiger charge is 2.24. The predicted molar refractivity (Wildman–Crippen MR) is 68.8 cm³/mol. The van der Waals surface area contributed by atoms with Crippen molar-refractivity contribution in [1.82, 2.24) is 10.3 Å². The Bertz CT molecular complexity index is 458. The first-order chi connectivity index (χ1) is 7.84. The largest absolute Gasteiger partial charge is 0.308 e. The molecule has 1 fully saturated rings. The molecule has 0 spiro atoms. The Morgan fingerprint density at radius 2 is 2.25 bits per heavy atom. The fourth-order valence-electron chi connectivity index (χ4n) is 2.40. The molecule has 0 amide bonds. The number of benzene rings is 1. The number of para-hydroxylation sites is 1. The lowest BCUT2D eigenvalue weighted by atomic mass is 9.93. The van der Waals surface area contributed by atoms with Crippen LogP contribution in [0.25, 0.3) is 10.2 Å². The van der Waals surface area contributed by atoms with E-state index >= 15 is 0 Å². The lowest BCUT2D eigenvalue weighted by Gasteiger charge is -2.28. The van der Waals surface area contributed by atoms with Crippen molar-refractivity contribution in [2.75, 3.05) is 6.54 Å². The van der Waals surface area contributed by atoms with Gasteiger partial charge in [-0.2, -0.15) is 0 Å². The number of nitrogens with zero attached hydrogens (tertiary/aromatic N) is 1. The standard InChI is InChI=1S/C13H16N2S/c1-9-5-4-8-14-12(9)13-15-10-6-2-3-7-11(10)16-13/h2-3,6-7,9,12,14H,4-5,8H2,1H3. The van der Waals surface area contributed by atoms with Crippen LogP contribution in [0.1, 0.15) is 30.8 Å². The monoisotopic (exact) mass is 232 g/mol. The van der Waals surface area contributed by atoms with E-state index in [1.807, 2.05) is 11.3 Å². The summed E-state index contributed by atoms with van der Waals surface area (Å²) in [6.45, 7) is 3.45. The molecule has 2 heterocycles. The number of nitrogens with one attached hydrogen (secondary N) is 1. The maximum absolute atomic E-state index is 4.74. The van der Waals surface area contributed by atoms with Gasteiger partial charge in [0.15, 0.2) is 0 Å². The number of fused-ring (bicyclic) bond motifs is 1. The number of rotatable bonds is 1. The highest BCUT2D eigenvalue weighted by atomic mass is 32.1. The summed E-state index contributed by atoms with van der Waals surface area (Å²) in [4.78, 5) is 4.74. The highest BCUT2D eigenvalue weighted by molar-refractivity contribution is 7.18. The van der Waals surface area contributed by atoms with E-state index in [1.165, 1.54) is 22.5 Å². The Morgan fingerprint density at radius 1 is 1.38 bits per heavy atom. The second-order valence-corrected chi connectivity index (χ2v) is 5.63. The van der Waals surface area contributed by atoms with Crippen molar-refractivity contribution < 1.29 is 0 Å².